The van der Waals surface area contributed by atoms with Crippen LogP contribution in [0, 0.1) is 25.6 Å². The second-order valence-corrected chi connectivity index (χ2v) is 7.97. The van der Waals surface area contributed by atoms with Crippen LogP contribution in [-0.4, -0.2) is 61.2 Å². The minimum Gasteiger partial charge on any atom is -0.489 e. The van der Waals surface area contributed by atoms with Crippen LogP contribution in [0.4, 0.5) is 0 Å². The van der Waals surface area contributed by atoms with Gasteiger partial charge in [-0.1, -0.05) is 13.8 Å². The molecule has 0 aromatic heterocycles. The third-order valence-electron chi connectivity index (χ3n) is 5.02. The smallest absolute Gasteiger partial charge is 0.306 e. The van der Waals surface area contributed by atoms with E-state index in [-0.39, 0.29) is 42.1 Å². The second-order valence-electron chi connectivity index (χ2n) is 7.97. The standard InChI is InChI=1S/C20H28N2O12/c1-12-15(17(25)19(31-5)18(30-4)16(12)24)20(2,3)10-14(23)32-9-7-6-8-13(34-22(28)29)11-33-21(26)27/h13H,6-11H2,1-5H3. The lowest BCUT2D eigenvalue weighted by Crippen LogP contribution is -2.34. The third-order valence-corrected chi connectivity index (χ3v) is 5.02. The maximum Gasteiger partial charge on any atom is 0.306 e. The van der Waals surface area contributed by atoms with Crippen molar-refractivity contribution in [3.8, 4) is 0 Å². The Morgan fingerprint density at radius 3 is 2.12 bits per heavy atom. The second kappa shape index (κ2) is 12.5. The molecule has 0 bridgehead atoms. The van der Waals surface area contributed by atoms with E-state index in [2.05, 4.69) is 9.68 Å². The van der Waals surface area contributed by atoms with E-state index in [0.29, 0.717) is 12.8 Å². The number of nitrogens with zero attached hydrogens (tertiary/aromatic N) is 2. The Morgan fingerprint density at radius 2 is 1.59 bits per heavy atom. The van der Waals surface area contributed by atoms with E-state index in [4.69, 9.17) is 14.2 Å². The lowest BCUT2D eigenvalue weighted by atomic mass is 9.73. The van der Waals surface area contributed by atoms with Crippen LogP contribution in [-0.2, 0) is 38.3 Å². The van der Waals surface area contributed by atoms with E-state index >= 15 is 0 Å². The molecule has 0 aromatic carbocycles. The summed E-state index contributed by atoms with van der Waals surface area (Å²) in [7, 11) is 2.49. The Kier molecular flexibility index (Phi) is 10.4. The molecule has 14 nitrogen and oxygen atoms in total. The highest BCUT2D eigenvalue weighted by Gasteiger charge is 2.42. The van der Waals surface area contributed by atoms with Crippen molar-refractivity contribution in [1.82, 2.24) is 0 Å². The van der Waals surface area contributed by atoms with Crippen molar-refractivity contribution in [2.75, 3.05) is 27.4 Å². The van der Waals surface area contributed by atoms with E-state index in [9.17, 15) is 34.6 Å². The van der Waals surface area contributed by atoms with Crippen molar-refractivity contribution in [2.45, 2.75) is 52.6 Å². The largest absolute Gasteiger partial charge is 0.489 e. The first kappa shape index (κ1) is 28.3. The van der Waals surface area contributed by atoms with Crippen molar-refractivity contribution in [3.05, 3.63) is 42.9 Å². The van der Waals surface area contributed by atoms with Gasteiger partial charge in [0.1, 0.15) is 12.7 Å². The highest BCUT2D eigenvalue weighted by molar-refractivity contribution is 6.24. The summed E-state index contributed by atoms with van der Waals surface area (Å²) >= 11 is 0. The number of ether oxygens (including phenoxy) is 3. The molecular formula is C20H28N2O12. The number of ketones is 2. The molecule has 0 saturated heterocycles. The first-order valence-electron chi connectivity index (χ1n) is 10.2. The summed E-state index contributed by atoms with van der Waals surface area (Å²) in [4.78, 5) is 67.0. The Balaban J connectivity index is 2.65. The lowest BCUT2D eigenvalue weighted by Gasteiger charge is -2.31. The number of hydrogen-bond acceptors (Lipinski definition) is 12. The van der Waals surface area contributed by atoms with Gasteiger partial charge in [0, 0.05) is 16.6 Å². The molecule has 14 heteroatoms. The SMILES string of the molecule is COC1=C(OC)C(=O)C(C(C)(C)CC(=O)OCCCCC(CO[N+](=O)[O-])O[N+](=O)[O-])=C(C)C1=O. The van der Waals surface area contributed by atoms with Gasteiger partial charge in [-0.2, -0.15) is 0 Å². The number of esters is 1. The number of Topliss-reactive ketones (excluding diaryl/α,β-unsaturated/α-hetero) is 2. The summed E-state index contributed by atoms with van der Waals surface area (Å²) in [6, 6.07) is 0. The zero-order valence-corrected chi connectivity index (χ0v) is 19.6. The monoisotopic (exact) mass is 488 g/mol. The van der Waals surface area contributed by atoms with Crippen molar-refractivity contribution in [2.24, 2.45) is 5.41 Å². The van der Waals surface area contributed by atoms with Crippen LogP contribution in [0.2, 0.25) is 0 Å². The van der Waals surface area contributed by atoms with Crippen LogP contribution in [0.25, 0.3) is 0 Å². The van der Waals surface area contributed by atoms with E-state index in [1.807, 2.05) is 0 Å². The van der Waals surface area contributed by atoms with Crippen LogP contribution in [0.15, 0.2) is 22.7 Å². The summed E-state index contributed by atoms with van der Waals surface area (Å²) in [6.07, 6.45) is -0.680. The van der Waals surface area contributed by atoms with Gasteiger partial charge in [0.15, 0.2) is 0 Å². The van der Waals surface area contributed by atoms with Crippen molar-refractivity contribution in [1.29, 1.82) is 0 Å². The molecule has 0 aliphatic heterocycles. The summed E-state index contributed by atoms with van der Waals surface area (Å²) in [6.45, 7) is 4.08. The van der Waals surface area contributed by atoms with Crippen molar-refractivity contribution < 1.29 is 48.4 Å². The average molecular weight is 488 g/mol. The van der Waals surface area contributed by atoms with Gasteiger partial charge in [-0.05, 0) is 26.2 Å². The molecule has 1 aliphatic rings. The van der Waals surface area contributed by atoms with E-state index in [0.717, 1.165) is 0 Å². The van der Waals surface area contributed by atoms with E-state index in [1.54, 1.807) is 13.8 Å². The van der Waals surface area contributed by atoms with E-state index in [1.165, 1.54) is 21.1 Å². The summed E-state index contributed by atoms with van der Waals surface area (Å²) in [5.41, 5.74) is -0.784. The molecule has 0 spiro atoms. The van der Waals surface area contributed by atoms with Crippen LogP contribution >= 0.6 is 0 Å². The number of allylic oxidation sites excluding steroid dienone is 2. The zero-order chi connectivity index (χ0) is 26.1. The molecule has 0 N–H and O–H groups in total. The zero-order valence-electron chi connectivity index (χ0n) is 19.6. The van der Waals surface area contributed by atoms with Crippen LogP contribution in [0.5, 0.6) is 0 Å². The molecule has 0 radical (unpaired) electrons. The van der Waals surface area contributed by atoms with Crippen LogP contribution < -0.4 is 0 Å². The molecule has 190 valence electrons. The summed E-state index contributed by atoms with van der Waals surface area (Å²) in [5, 5.41) is 18.5. The van der Waals surface area contributed by atoms with Crippen molar-refractivity contribution in [3.63, 3.8) is 0 Å². The first-order valence-corrected chi connectivity index (χ1v) is 10.2. The summed E-state index contributed by atoms with van der Waals surface area (Å²) < 4.78 is 15.2. The number of unbranched alkanes of at least 4 members (excludes halogenated alkanes) is 1. The predicted molar refractivity (Wildman–Crippen MR) is 112 cm³/mol. The molecule has 0 aromatic rings. The fourth-order valence-corrected chi connectivity index (χ4v) is 3.55. The molecule has 0 fully saturated rings. The van der Waals surface area contributed by atoms with Crippen LogP contribution in [0.3, 0.4) is 0 Å². The topological polar surface area (TPSA) is 184 Å². The Hall–Kier alpha value is -3.71. The number of rotatable bonds is 15. The Morgan fingerprint density at radius 1 is 1.00 bits per heavy atom. The number of carbonyl (C=O) groups excluding carboxylic acids is 3. The lowest BCUT2D eigenvalue weighted by molar-refractivity contribution is -0.790. The van der Waals surface area contributed by atoms with Gasteiger partial charge in [0.25, 0.3) is 10.2 Å². The number of carbonyl (C=O) groups is 3. The Labute approximate surface area is 195 Å². The molecule has 0 amide bonds. The van der Waals surface area contributed by atoms with Gasteiger partial charge >= 0.3 is 5.97 Å². The van der Waals surface area contributed by atoms with Gasteiger partial charge in [-0.15, -0.1) is 20.2 Å². The normalized spacial score (nSPS) is 15.1. The average Bonchev–Trinajstić information content (AvgIpc) is 2.72. The molecule has 0 heterocycles. The minimum absolute atomic E-state index is 0.0296. The highest BCUT2D eigenvalue weighted by Crippen LogP contribution is 2.39. The first-order chi connectivity index (χ1) is 15.8. The molecule has 1 aliphatic carbocycles. The number of hydrogen-bond donors (Lipinski definition) is 0. The fourth-order valence-electron chi connectivity index (χ4n) is 3.55. The molecular weight excluding hydrogens is 460 g/mol. The molecule has 1 atom stereocenters. The van der Waals surface area contributed by atoms with Gasteiger partial charge < -0.3 is 23.9 Å². The maximum absolute atomic E-state index is 12.9. The van der Waals surface area contributed by atoms with Gasteiger partial charge in [0.05, 0.1) is 27.2 Å². The van der Waals surface area contributed by atoms with Gasteiger partial charge in [-0.25, -0.2) is 0 Å². The Bertz CT molecular complexity index is 890. The van der Waals surface area contributed by atoms with Gasteiger partial charge in [0.2, 0.25) is 23.1 Å². The predicted octanol–water partition coefficient (Wildman–Crippen LogP) is 1.87. The maximum atomic E-state index is 12.9. The molecule has 34 heavy (non-hydrogen) atoms. The van der Waals surface area contributed by atoms with E-state index < -0.39 is 45.8 Å². The number of methoxy groups -OCH3 is 2. The highest BCUT2D eigenvalue weighted by atomic mass is 17.0. The van der Waals surface area contributed by atoms with Gasteiger partial charge in [-0.3, -0.25) is 14.4 Å². The quantitative estimate of drug-likeness (QED) is 0.107. The fraction of sp³-hybridized carbons (Fsp3) is 0.650. The minimum atomic E-state index is -1.14. The third kappa shape index (κ3) is 7.71. The molecule has 0 saturated carbocycles. The van der Waals surface area contributed by atoms with Crippen LogP contribution in [0.1, 0.15) is 46.5 Å². The van der Waals surface area contributed by atoms with Crippen molar-refractivity contribution >= 4 is 17.5 Å². The molecule has 1 unspecified atom stereocenters. The summed E-state index contributed by atoms with van der Waals surface area (Å²) in [5.74, 6) is -2.12. The molecule has 1 rings (SSSR count).